The molecule has 100 valence electrons. The van der Waals surface area contributed by atoms with Gasteiger partial charge in [0.15, 0.2) is 0 Å². The summed E-state index contributed by atoms with van der Waals surface area (Å²) in [6.45, 7) is 1.66. The van der Waals surface area contributed by atoms with Crippen molar-refractivity contribution < 1.29 is 9.90 Å². The van der Waals surface area contributed by atoms with Crippen LogP contribution >= 0.6 is 11.3 Å². The maximum absolute atomic E-state index is 12.2. The van der Waals surface area contributed by atoms with Gasteiger partial charge in [-0.15, -0.1) is 11.3 Å². The Kier molecular flexibility index (Phi) is 2.43. The summed E-state index contributed by atoms with van der Waals surface area (Å²) in [5.74, 6) is -1.12. The number of thiophene rings is 1. The fourth-order valence-electron chi connectivity index (χ4n) is 2.31. The van der Waals surface area contributed by atoms with Crippen molar-refractivity contribution in [1.82, 2.24) is 9.13 Å². The summed E-state index contributed by atoms with van der Waals surface area (Å²) in [7, 11) is 1.39. The minimum Gasteiger partial charge on any atom is -0.478 e. The third-order valence-corrected chi connectivity index (χ3v) is 4.53. The molecule has 2 aromatic rings. The molecule has 0 amide bonds. The van der Waals surface area contributed by atoms with E-state index in [-0.39, 0.29) is 22.7 Å². The van der Waals surface area contributed by atoms with E-state index in [1.807, 2.05) is 0 Å². The highest BCUT2D eigenvalue weighted by Gasteiger charge is 2.31. The monoisotopic (exact) mass is 280 g/mol. The van der Waals surface area contributed by atoms with Crippen LogP contribution in [-0.2, 0) is 7.05 Å². The molecular formula is C12H12N2O4S. The van der Waals surface area contributed by atoms with E-state index in [2.05, 4.69) is 0 Å². The zero-order chi connectivity index (χ0) is 13.9. The molecule has 1 fully saturated rings. The highest BCUT2D eigenvalue weighted by Crippen LogP contribution is 2.38. The van der Waals surface area contributed by atoms with Crippen LogP contribution in [0.25, 0.3) is 10.2 Å². The van der Waals surface area contributed by atoms with Crippen molar-refractivity contribution in [3.8, 4) is 0 Å². The first-order valence-electron chi connectivity index (χ1n) is 5.91. The molecule has 3 rings (SSSR count). The van der Waals surface area contributed by atoms with Crippen LogP contribution in [0, 0.1) is 6.92 Å². The number of nitrogens with zero attached hydrogens (tertiary/aromatic N) is 2. The Morgan fingerprint density at radius 2 is 2.00 bits per heavy atom. The largest absolute Gasteiger partial charge is 0.478 e. The van der Waals surface area contributed by atoms with Crippen molar-refractivity contribution in [2.45, 2.75) is 25.8 Å². The minimum atomic E-state index is -1.12. The number of carboxylic acids is 1. The van der Waals surface area contributed by atoms with E-state index in [4.69, 9.17) is 0 Å². The Hall–Kier alpha value is -1.89. The van der Waals surface area contributed by atoms with Crippen LogP contribution in [0.1, 0.15) is 34.1 Å². The van der Waals surface area contributed by atoms with Crippen molar-refractivity contribution in [2.75, 3.05) is 0 Å². The number of carboxylic acid groups (broad SMARTS) is 1. The molecule has 0 atom stereocenters. The molecule has 1 aliphatic carbocycles. The normalized spacial score (nSPS) is 15.1. The number of aryl methyl sites for hydroxylation is 1. The van der Waals surface area contributed by atoms with Gasteiger partial charge in [0.1, 0.15) is 4.83 Å². The highest BCUT2D eigenvalue weighted by atomic mass is 32.1. The van der Waals surface area contributed by atoms with Crippen molar-refractivity contribution in [3.63, 3.8) is 0 Å². The van der Waals surface area contributed by atoms with Crippen LogP contribution in [-0.4, -0.2) is 20.2 Å². The van der Waals surface area contributed by atoms with E-state index >= 15 is 0 Å². The van der Waals surface area contributed by atoms with E-state index in [9.17, 15) is 19.5 Å². The molecule has 0 saturated heterocycles. The number of fused-ring (bicyclic) bond motifs is 1. The minimum absolute atomic E-state index is 0.0231. The first-order chi connectivity index (χ1) is 8.93. The molecule has 0 aromatic carbocycles. The molecule has 0 aliphatic heterocycles. The van der Waals surface area contributed by atoms with Gasteiger partial charge in [0.25, 0.3) is 5.56 Å². The van der Waals surface area contributed by atoms with E-state index in [1.54, 1.807) is 11.5 Å². The molecule has 1 saturated carbocycles. The summed E-state index contributed by atoms with van der Waals surface area (Å²) in [5.41, 5.74) is -0.869. The average Bonchev–Trinajstić information content (AvgIpc) is 3.09. The van der Waals surface area contributed by atoms with Crippen molar-refractivity contribution in [2.24, 2.45) is 7.05 Å². The number of hydrogen-bond acceptors (Lipinski definition) is 4. The van der Waals surface area contributed by atoms with E-state index in [1.165, 1.54) is 18.4 Å². The summed E-state index contributed by atoms with van der Waals surface area (Å²) in [6, 6.07) is 0.0986. The molecule has 1 aliphatic rings. The number of hydrogen-bond donors (Lipinski definition) is 1. The Morgan fingerprint density at radius 3 is 2.53 bits per heavy atom. The second kappa shape index (κ2) is 3.80. The lowest BCUT2D eigenvalue weighted by Gasteiger charge is -2.07. The van der Waals surface area contributed by atoms with Crippen LogP contribution in [0.5, 0.6) is 0 Å². The molecule has 0 unspecified atom stereocenters. The topological polar surface area (TPSA) is 81.3 Å². The summed E-state index contributed by atoms with van der Waals surface area (Å²) < 4.78 is 2.57. The molecule has 0 bridgehead atoms. The predicted octanol–water partition coefficient (Wildman–Crippen LogP) is 1.10. The Labute approximate surface area is 111 Å². The number of rotatable bonds is 2. The van der Waals surface area contributed by atoms with Gasteiger partial charge in [-0.3, -0.25) is 13.9 Å². The smallest absolute Gasteiger partial charge is 0.337 e. The SMILES string of the molecule is Cc1sc2c(c1C(=O)O)c(=O)n(C)c(=O)n2C1CC1. The molecule has 0 spiro atoms. The number of aromatic carboxylic acids is 1. The molecule has 2 aromatic heterocycles. The maximum atomic E-state index is 12.2. The van der Waals surface area contributed by atoms with Gasteiger partial charge in [-0.2, -0.15) is 0 Å². The quantitative estimate of drug-likeness (QED) is 0.893. The molecule has 0 radical (unpaired) electrons. The molecule has 19 heavy (non-hydrogen) atoms. The maximum Gasteiger partial charge on any atom is 0.337 e. The lowest BCUT2D eigenvalue weighted by molar-refractivity contribution is 0.0698. The average molecular weight is 280 g/mol. The highest BCUT2D eigenvalue weighted by molar-refractivity contribution is 7.19. The van der Waals surface area contributed by atoms with E-state index < -0.39 is 11.5 Å². The second-order valence-electron chi connectivity index (χ2n) is 4.77. The zero-order valence-corrected chi connectivity index (χ0v) is 11.3. The first kappa shape index (κ1) is 12.2. The Morgan fingerprint density at radius 1 is 1.37 bits per heavy atom. The van der Waals surface area contributed by atoms with Crippen molar-refractivity contribution in [3.05, 3.63) is 31.3 Å². The summed E-state index contributed by atoms with van der Waals surface area (Å²) in [6.07, 6.45) is 1.79. The molecular weight excluding hydrogens is 268 g/mol. The van der Waals surface area contributed by atoms with Crippen molar-refractivity contribution >= 4 is 27.5 Å². The summed E-state index contributed by atoms with van der Waals surface area (Å²) in [5, 5.41) is 9.41. The summed E-state index contributed by atoms with van der Waals surface area (Å²) in [4.78, 5) is 36.7. The first-order valence-corrected chi connectivity index (χ1v) is 6.73. The van der Waals surface area contributed by atoms with Crippen LogP contribution in [0.4, 0.5) is 0 Å². The third kappa shape index (κ3) is 1.58. The number of aromatic nitrogens is 2. The molecule has 1 N–H and O–H groups in total. The summed E-state index contributed by atoms with van der Waals surface area (Å²) >= 11 is 1.21. The predicted molar refractivity (Wildman–Crippen MR) is 71.3 cm³/mol. The lowest BCUT2D eigenvalue weighted by atomic mass is 10.2. The van der Waals surface area contributed by atoms with Gasteiger partial charge in [0, 0.05) is 18.0 Å². The van der Waals surface area contributed by atoms with Crippen molar-refractivity contribution in [1.29, 1.82) is 0 Å². The fourth-order valence-corrected chi connectivity index (χ4v) is 3.51. The Balaban J connectivity index is 2.58. The Bertz CT molecular complexity index is 823. The third-order valence-electron chi connectivity index (χ3n) is 3.42. The van der Waals surface area contributed by atoms with Gasteiger partial charge in [-0.05, 0) is 19.8 Å². The number of carbonyl (C=O) groups is 1. The fraction of sp³-hybridized carbons (Fsp3) is 0.417. The molecule has 2 heterocycles. The van der Waals surface area contributed by atoms with E-state index in [0.717, 1.165) is 17.4 Å². The second-order valence-corrected chi connectivity index (χ2v) is 5.97. The van der Waals surface area contributed by atoms with Crippen LogP contribution < -0.4 is 11.2 Å². The standard InChI is InChI=1S/C12H12N2O4S/c1-5-7(11(16)17)8-9(15)13(2)12(18)14(6-3-4-6)10(8)19-5/h6H,3-4H2,1-2H3,(H,16,17). The molecule has 7 heteroatoms. The zero-order valence-electron chi connectivity index (χ0n) is 10.5. The van der Waals surface area contributed by atoms with E-state index in [0.29, 0.717) is 9.71 Å². The van der Waals surface area contributed by atoms with Crippen LogP contribution in [0.2, 0.25) is 0 Å². The van der Waals surface area contributed by atoms with Gasteiger partial charge in [0.05, 0.1) is 10.9 Å². The van der Waals surface area contributed by atoms with Gasteiger partial charge < -0.3 is 5.11 Å². The molecule has 6 nitrogen and oxygen atoms in total. The van der Waals surface area contributed by atoms with Crippen LogP contribution in [0.3, 0.4) is 0 Å². The lowest BCUT2D eigenvalue weighted by Crippen LogP contribution is -2.37. The van der Waals surface area contributed by atoms with Gasteiger partial charge in [-0.1, -0.05) is 0 Å². The van der Waals surface area contributed by atoms with Gasteiger partial charge >= 0.3 is 11.7 Å². The van der Waals surface area contributed by atoms with Gasteiger partial charge in [0.2, 0.25) is 0 Å². The van der Waals surface area contributed by atoms with Crippen LogP contribution in [0.15, 0.2) is 9.59 Å². The van der Waals surface area contributed by atoms with Gasteiger partial charge in [-0.25, -0.2) is 9.59 Å².